The topological polar surface area (TPSA) is 146 Å². The number of aryl methyl sites for hydroxylation is 1. The Kier molecular flexibility index (Phi) is 10.2. The predicted molar refractivity (Wildman–Crippen MR) is 118 cm³/mol. The Morgan fingerprint density at radius 2 is 1.88 bits per heavy atom. The third-order valence-corrected chi connectivity index (χ3v) is 4.29. The number of amides is 2. The van der Waals surface area contributed by atoms with Crippen LogP contribution in [0.1, 0.15) is 39.3 Å². The first-order valence-corrected chi connectivity index (χ1v) is 10.3. The summed E-state index contributed by atoms with van der Waals surface area (Å²) in [6.07, 6.45) is 3.86. The molecule has 0 bridgehead atoms. The highest BCUT2D eigenvalue weighted by Gasteiger charge is 2.30. The number of likely N-dealkylation sites (N-methyl/N-ethyl adjacent to an activating group) is 1. The maximum Gasteiger partial charge on any atom is 0.329 e. The van der Waals surface area contributed by atoms with E-state index in [1.807, 2.05) is 0 Å². The van der Waals surface area contributed by atoms with E-state index in [0.717, 1.165) is 0 Å². The van der Waals surface area contributed by atoms with E-state index >= 15 is 0 Å². The maximum absolute atomic E-state index is 13.1. The van der Waals surface area contributed by atoms with Crippen LogP contribution in [0.4, 0.5) is 0 Å². The van der Waals surface area contributed by atoms with E-state index in [1.54, 1.807) is 63.9 Å². The van der Waals surface area contributed by atoms with E-state index in [1.165, 1.54) is 0 Å². The second kappa shape index (κ2) is 12.1. The minimum Gasteiger partial charge on any atom is -0.458 e. The minimum absolute atomic E-state index is 0.0288. The highest BCUT2D eigenvalue weighted by Crippen LogP contribution is 2.12. The first kappa shape index (κ1) is 27.0. The summed E-state index contributed by atoms with van der Waals surface area (Å²) in [5.74, 6) is -2.11. The number of esters is 1. The van der Waals surface area contributed by atoms with Crippen LogP contribution in [-0.2, 0) is 37.4 Å². The molecule has 11 heteroatoms. The summed E-state index contributed by atoms with van der Waals surface area (Å²) in [4.78, 5) is 55.3. The zero-order chi connectivity index (χ0) is 24.5. The molecule has 0 aliphatic rings. The zero-order valence-corrected chi connectivity index (χ0v) is 19.6. The van der Waals surface area contributed by atoms with Gasteiger partial charge in [0.15, 0.2) is 5.78 Å². The van der Waals surface area contributed by atoms with E-state index in [2.05, 4.69) is 15.6 Å². The van der Waals surface area contributed by atoms with Gasteiger partial charge in [0.05, 0.1) is 19.1 Å². The molecule has 11 nitrogen and oxygen atoms in total. The van der Waals surface area contributed by atoms with Crippen LogP contribution in [0.2, 0.25) is 0 Å². The molecule has 0 radical (unpaired) electrons. The monoisotopic (exact) mass is 450 g/mol. The predicted octanol–water partition coefficient (Wildman–Crippen LogP) is -0.166. The fourth-order valence-corrected chi connectivity index (χ4v) is 2.78. The van der Waals surface area contributed by atoms with Crippen LogP contribution in [0.3, 0.4) is 0 Å². The molecule has 1 heterocycles. The van der Waals surface area contributed by atoms with Gasteiger partial charge < -0.3 is 30.2 Å². The van der Waals surface area contributed by atoms with Gasteiger partial charge in [-0.1, -0.05) is 0 Å². The fourth-order valence-electron chi connectivity index (χ4n) is 2.78. The number of nitrogens with zero attached hydrogens (tertiary/aromatic N) is 3. The molecule has 32 heavy (non-hydrogen) atoms. The number of hydrogen-bond acceptors (Lipinski definition) is 8. The standard InChI is InChI=1S/C21H34N6O5/c1-21(2,3)32-20(31)16(8-7-15(28)10-22)25-19(30)17(24-18(29)12-26(4)5)9-14-11-23-13-27(14)6/h10-11,13,16-17,22H,7-9,12H2,1-6H3,(H,24,29)(H,25,30)/t16-,17-/m0/s1. The summed E-state index contributed by atoms with van der Waals surface area (Å²) >= 11 is 0. The number of nitrogens with one attached hydrogen (secondary N) is 3. The van der Waals surface area contributed by atoms with E-state index in [9.17, 15) is 19.2 Å². The van der Waals surface area contributed by atoms with Gasteiger partial charge in [-0.15, -0.1) is 0 Å². The average Bonchev–Trinajstić information content (AvgIpc) is 3.06. The molecule has 0 saturated carbocycles. The normalized spacial score (nSPS) is 13.2. The third-order valence-electron chi connectivity index (χ3n) is 4.29. The van der Waals surface area contributed by atoms with Crippen molar-refractivity contribution in [2.75, 3.05) is 20.6 Å². The molecule has 0 saturated heterocycles. The zero-order valence-electron chi connectivity index (χ0n) is 19.6. The highest BCUT2D eigenvalue weighted by molar-refractivity contribution is 6.26. The lowest BCUT2D eigenvalue weighted by Gasteiger charge is -2.26. The number of ether oxygens (including phenoxy) is 1. The van der Waals surface area contributed by atoms with E-state index in [-0.39, 0.29) is 31.7 Å². The van der Waals surface area contributed by atoms with Crippen molar-refractivity contribution in [3.63, 3.8) is 0 Å². The molecule has 2 amide bonds. The average molecular weight is 451 g/mol. The Bertz CT molecular complexity index is 827. The van der Waals surface area contributed by atoms with Crippen LogP contribution in [0.5, 0.6) is 0 Å². The van der Waals surface area contributed by atoms with Crippen molar-refractivity contribution in [1.82, 2.24) is 25.1 Å². The van der Waals surface area contributed by atoms with Crippen LogP contribution in [0, 0.1) is 5.41 Å². The van der Waals surface area contributed by atoms with Gasteiger partial charge >= 0.3 is 5.97 Å². The Morgan fingerprint density at radius 1 is 1.22 bits per heavy atom. The van der Waals surface area contributed by atoms with Crippen LogP contribution in [0.15, 0.2) is 12.5 Å². The van der Waals surface area contributed by atoms with Crippen molar-refractivity contribution in [2.45, 2.75) is 57.7 Å². The molecule has 0 aromatic carbocycles. The van der Waals surface area contributed by atoms with Crippen LogP contribution < -0.4 is 10.6 Å². The SMILES string of the molecule is CN(C)CC(=O)N[C@@H](Cc1cncn1C)C(=O)N[C@@H](CCC(=O)C=N)C(=O)OC(C)(C)C. The molecule has 1 aromatic rings. The first-order chi connectivity index (χ1) is 14.8. The molecular weight excluding hydrogens is 416 g/mol. The van der Waals surface area contributed by atoms with Crippen LogP contribution in [0.25, 0.3) is 0 Å². The largest absolute Gasteiger partial charge is 0.458 e. The summed E-state index contributed by atoms with van der Waals surface area (Å²) in [7, 11) is 5.23. The molecule has 1 aromatic heterocycles. The van der Waals surface area contributed by atoms with Gasteiger partial charge in [0.2, 0.25) is 11.8 Å². The summed E-state index contributed by atoms with van der Waals surface area (Å²) in [5.41, 5.74) is -0.0808. The summed E-state index contributed by atoms with van der Waals surface area (Å²) in [5, 5.41) is 12.3. The number of hydrogen-bond donors (Lipinski definition) is 3. The number of aromatic nitrogens is 2. The summed E-state index contributed by atoms with van der Waals surface area (Å²) in [6.45, 7) is 5.16. The molecule has 178 valence electrons. The van der Waals surface area contributed by atoms with Gasteiger partial charge in [-0.2, -0.15) is 0 Å². The molecule has 0 spiro atoms. The molecule has 2 atom stereocenters. The van der Waals surface area contributed by atoms with Crippen molar-refractivity contribution >= 4 is 29.8 Å². The molecule has 0 unspecified atom stereocenters. The molecule has 1 rings (SSSR count). The second-order valence-corrected chi connectivity index (χ2v) is 8.80. The summed E-state index contributed by atoms with van der Waals surface area (Å²) < 4.78 is 7.10. The van der Waals surface area contributed by atoms with E-state index < -0.39 is 35.3 Å². The Hall–Kier alpha value is -3.08. The number of imidazole rings is 1. The Labute approximate surface area is 188 Å². The molecule has 0 aliphatic heterocycles. The minimum atomic E-state index is -1.11. The summed E-state index contributed by atoms with van der Waals surface area (Å²) in [6, 6.07) is -2.08. The first-order valence-electron chi connectivity index (χ1n) is 10.3. The number of rotatable bonds is 12. The van der Waals surface area contributed by atoms with Gasteiger partial charge in [-0.25, -0.2) is 9.78 Å². The van der Waals surface area contributed by atoms with Gasteiger partial charge in [0.25, 0.3) is 0 Å². The van der Waals surface area contributed by atoms with Crippen molar-refractivity contribution in [1.29, 1.82) is 5.41 Å². The lowest BCUT2D eigenvalue weighted by atomic mass is 10.1. The molecule has 3 N–H and O–H groups in total. The molecule has 0 fully saturated rings. The van der Waals surface area contributed by atoms with E-state index in [0.29, 0.717) is 11.9 Å². The van der Waals surface area contributed by atoms with Crippen molar-refractivity contribution < 1.29 is 23.9 Å². The van der Waals surface area contributed by atoms with Crippen LogP contribution in [-0.4, -0.2) is 82.6 Å². The number of carbonyl (C=O) groups excluding carboxylic acids is 4. The molecule has 0 aliphatic carbocycles. The van der Waals surface area contributed by atoms with Crippen molar-refractivity contribution in [3.8, 4) is 0 Å². The fraction of sp³-hybridized carbons (Fsp3) is 0.619. The van der Waals surface area contributed by atoms with Gasteiger partial charge in [0.1, 0.15) is 17.7 Å². The second-order valence-electron chi connectivity index (χ2n) is 8.80. The highest BCUT2D eigenvalue weighted by atomic mass is 16.6. The third kappa shape index (κ3) is 9.82. The number of ketones is 1. The van der Waals surface area contributed by atoms with Crippen molar-refractivity contribution in [2.24, 2.45) is 7.05 Å². The van der Waals surface area contributed by atoms with Gasteiger partial charge in [0, 0.05) is 31.8 Å². The van der Waals surface area contributed by atoms with Gasteiger partial charge in [-0.3, -0.25) is 14.4 Å². The number of carbonyl (C=O) groups is 4. The quantitative estimate of drug-likeness (QED) is 0.296. The Balaban J connectivity index is 3.05. The van der Waals surface area contributed by atoms with E-state index in [4.69, 9.17) is 10.1 Å². The smallest absolute Gasteiger partial charge is 0.329 e. The lowest BCUT2D eigenvalue weighted by Crippen LogP contribution is -2.54. The van der Waals surface area contributed by atoms with Gasteiger partial charge in [-0.05, 0) is 41.3 Å². The van der Waals surface area contributed by atoms with Crippen LogP contribution >= 0.6 is 0 Å². The Morgan fingerprint density at radius 3 is 2.38 bits per heavy atom. The maximum atomic E-state index is 13.1. The molecular formula is C21H34N6O5. The number of Topliss-reactive ketones (excluding diaryl/α,β-unsaturated/α-hetero) is 1. The van der Waals surface area contributed by atoms with Crippen molar-refractivity contribution in [3.05, 3.63) is 18.2 Å². The lowest BCUT2D eigenvalue weighted by molar-refractivity contribution is -0.159.